The Bertz CT molecular complexity index is 277. The van der Waals surface area contributed by atoms with Crippen molar-refractivity contribution in [2.24, 2.45) is 0 Å². The van der Waals surface area contributed by atoms with Crippen LogP contribution in [0.4, 0.5) is 0 Å². The quantitative estimate of drug-likeness (QED) is 0.170. The second-order valence-electron chi connectivity index (χ2n) is 6.55. The molecule has 0 spiro atoms. The summed E-state index contributed by atoms with van der Waals surface area (Å²) >= 11 is 0. The van der Waals surface area contributed by atoms with Gasteiger partial charge in [-0.15, -0.1) is 0 Å². The van der Waals surface area contributed by atoms with Crippen LogP contribution < -0.4 is 5.32 Å². The second kappa shape index (κ2) is 16.0. The van der Waals surface area contributed by atoms with Crippen LogP contribution in [0.5, 0.6) is 0 Å². The van der Waals surface area contributed by atoms with Gasteiger partial charge in [-0.05, 0) is 19.8 Å². The van der Waals surface area contributed by atoms with Gasteiger partial charge in [0.1, 0.15) is 0 Å². The fourth-order valence-corrected chi connectivity index (χ4v) is 2.89. The average molecular weight is 326 g/mol. The molecule has 1 atom stereocenters. The van der Waals surface area contributed by atoms with Gasteiger partial charge < -0.3 is 4.74 Å². The van der Waals surface area contributed by atoms with Crippen LogP contribution in [0.3, 0.4) is 0 Å². The lowest BCUT2D eigenvalue weighted by Crippen LogP contribution is -2.39. The van der Waals surface area contributed by atoms with E-state index in [4.69, 9.17) is 4.74 Å². The van der Waals surface area contributed by atoms with E-state index in [1.807, 2.05) is 6.92 Å². The number of carbonyl (C=O) groups is 1. The Morgan fingerprint density at radius 2 is 1.43 bits per heavy atom. The predicted octanol–water partition coefficient (Wildman–Crippen LogP) is 5.74. The van der Waals surface area contributed by atoms with Crippen molar-refractivity contribution >= 4 is 5.97 Å². The van der Waals surface area contributed by atoms with Crippen molar-refractivity contribution in [3.8, 4) is 0 Å². The first-order valence-electron chi connectivity index (χ1n) is 9.73. The number of nitrogens with one attached hydrogen (secondary N) is 1. The first kappa shape index (κ1) is 22.2. The van der Waals surface area contributed by atoms with Crippen LogP contribution in [0.25, 0.3) is 0 Å². The first-order valence-corrected chi connectivity index (χ1v) is 9.73. The largest absolute Gasteiger partial charge is 0.444 e. The fraction of sp³-hybridized carbons (Fsp3) is 0.850. The highest BCUT2D eigenvalue weighted by Crippen LogP contribution is 2.14. The molecule has 1 unspecified atom stereocenters. The molecule has 0 rings (SSSR count). The molecule has 0 aliphatic carbocycles. The first-order chi connectivity index (χ1) is 11.1. The molecule has 3 nitrogen and oxygen atoms in total. The number of ether oxygens (including phenoxy) is 1. The Kier molecular flexibility index (Phi) is 15.5. The lowest BCUT2D eigenvalue weighted by molar-refractivity contribution is -0.144. The average Bonchev–Trinajstić information content (AvgIpc) is 2.53. The molecule has 0 amide bonds. The summed E-state index contributed by atoms with van der Waals surface area (Å²) in [7, 11) is 0. The minimum atomic E-state index is -0.352. The topological polar surface area (TPSA) is 38.3 Å². The van der Waals surface area contributed by atoms with Crippen molar-refractivity contribution in [3.05, 3.63) is 12.7 Å². The number of carbonyl (C=O) groups excluding carboxylic acids is 1. The fourth-order valence-electron chi connectivity index (χ4n) is 2.89. The van der Waals surface area contributed by atoms with Crippen molar-refractivity contribution in [2.45, 2.75) is 110 Å². The SMILES string of the molecule is C=CC(=O)OC(C)NC(CCCCCCC)CCCCCCC. The molecular formula is C20H39NO2. The number of rotatable bonds is 16. The summed E-state index contributed by atoms with van der Waals surface area (Å²) in [5.41, 5.74) is 0. The highest BCUT2D eigenvalue weighted by molar-refractivity contribution is 5.81. The molecule has 23 heavy (non-hydrogen) atoms. The zero-order valence-electron chi connectivity index (χ0n) is 15.7. The normalized spacial score (nSPS) is 12.3. The molecule has 0 radical (unpaired) electrons. The van der Waals surface area contributed by atoms with Gasteiger partial charge in [0.15, 0.2) is 6.23 Å². The Balaban J connectivity index is 4.08. The Labute approximate surface area is 144 Å². The van der Waals surface area contributed by atoms with Crippen LogP contribution in [0.1, 0.15) is 97.8 Å². The Morgan fingerprint density at radius 1 is 0.957 bits per heavy atom. The van der Waals surface area contributed by atoms with Crippen LogP contribution >= 0.6 is 0 Å². The zero-order valence-corrected chi connectivity index (χ0v) is 15.7. The van der Waals surface area contributed by atoms with E-state index in [0.29, 0.717) is 6.04 Å². The van der Waals surface area contributed by atoms with E-state index in [-0.39, 0.29) is 12.2 Å². The minimum absolute atomic E-state index is 0.239. The van der Waals surface area contributed by atoms with Crippen LogP contribution in [0, 0.1) is 0 Å². The van der Waals surface area contributed by atoms with Gasteiger partial charge in [-0.3, -0.25) is 5.32 Å². The third-order valence-electron chi connectivity index (χ3n) is 4.24. The minimum Gasteiger partial charge on any atom is -0.444 e. The maximum atomic E-state index is 11.3. The second-order valence-corrected chi connectivity index (χ2v) is 6.55. The summed E-state index contributed by atoms with van der Waals surface area (Å²) in [5, 5.41) is 3.47. The summed E-state index contributed by atoms with van der Waals surface area (Å²) in [6.45, 7) is 9.84. The van der Waals surface area contributed by atoms with Crippen LogP contribution in [-0.4, -0.2) is 18.2 Å². The molecular weight excluding hydrogens is 286 g/mol. The van der Waals surface area contributed by atoms with Gasteiger partial charge in [0.05, 0.1) is 0 Å². The lowest BCUT2D eigenvalue weighted by atomic mass is 10.0. The van der Waals surface area contributed by atoms with Crippen molar-refractivity contribution in [3.63, 3.8) is 0 Å². The maximum Gasteiger partial charge on any atom is 0.331 e. The lowest BCUT2D eigenvalue weighted by Gasteiger charge is -2.23. The van der Waals surface area contributed by atoms with E-state index in [1.54, 1.807) is 0 Å². The third-order valence-corrected chi connectivity index (χ3v) is 4.24. The van der Waals surface area contributed by atoms with Gasteiger partial charge in [-0.2, -0.15) is 0 Å². The van der Waals surface area contributed by atoms with Crippen LogP contribution in [-0.2, 0) is 9.53 Å². The number of unbranched alkanes of at least 4 members (excludes halogenated alkanes) is 8. The third kappa shape index (κ3) is 14.5. The molecule has 136 valence electrons. The molecule has 0 heterocycles. The molecule has 0 saturated heterocycles. The molecule has 0 saturated carbocycles. The highest BCUT2D eigenvalue weighted by Gasteiger charge is 2.13. The van der Waals surface area contributed by atoms with E-state index in [2.05, 4.69) is 25.7 Å². The van der Waals surface area contributed by atoms with Gasteiger partial charge in [-0.25, -0.2) is 4.79 Å². The summed E-state index contributed by atoms with van der Waals surface area (Å²) in [6.07, 6.45) is 16.4. The van der Waals surface area contributed by atoms with Gasteiger partial charge in [0.25, 0.3) is 0 Å². The monoisotopic (exact) mass is 325 g/mol. The molecule has 0 aromatic rings. The molecule has 3 heteroatoms. The molecule has 0 aliphatic rings. The van der Waals surface area contributed by atoms with E-state index < -0.39 is 0 Å². The Morgan fingerprint density at radius 3 is 1.87 bits per heavy atom. The van der Waals surface area contributed by atoms with Crippen molar-refractivity contribution in [2.75, 3.05) is 0 Å². The van der Waals surface area contributed by atoms with Gasteiger partial charge in [-0.1, -0.05) is 84.6 Å². The molecule has 0 bridgehead atoms. The van der Waals surface area contributed by atoms with Crippen molar-refractivity contribution in [1.29, 1.82) is 0 Å². The molecule has 0 aliphatic heterocycles. The molecule has 1 N–H and O–H groups in total. The number of hydrogen-bond donors (Lipinski definition) is 1. The van der Waals surface area contributed by atoms with Crippen LogP contribution in [0.15, 0.2) is 12.7 Å². The molecule has 0 fully saturated rings. The van der Waals surface area contributed by atoms with E-state index in [9.17, 15) is 4.79 Å². The Hall–Kier alpha value is -0.830. The summed E-state index contributed by atoms with van der Waals surface area (Å²) in [5.74, 6) is -0.352. The zero-order chi connectivity index (χ0) is 17.3. The predicted molar refractivity (Wildman–Crippen MR) is 99.4 cm³/mol. The van der Waals surface area contributed by atoms with Gasteiger partial charge >= 0.3 is 5.97 Å². The molecule has 0 aromatic carbocycles. The van der Waals surface area contributed by atoms with Crippen molar-refractivity contribution < 1.29 is 9.53 Å². The summed E-state index contributed by atoms with van der Waals surface area (Å²) in [6, 6.07) is 0.450. The number of esters is 1. The van der Waals surface area contributed by atoms with E-state index in [1.165, 1.54) is 83.1 Å². The summed E-state index contributed by atoms with van der Waals surface area (Å²) in [4.78, 5) is 11.3. The van der Waals surface area contributed by atoms with Gasteiger partial charge in [0, 0.05) is 12.1 Å². The molecule has 0 aromatic heterocycles. The van der Waals surface area contributed by atoms with Crippen molar-refractivity contribution in [1.82, 2.24) is 5.32 Å². The maximum absolute atomic E-state index is 11.3. The number of hydrogen-bond acceptors (Lipinski definition) is 3. The smallest absolute Gasteiger partial charge is 0.331 e. The standard InChI is InChI=1S/C20H39NO2/c1-5-8-10-12-14-16-19(17-15-13-11-9-6-2)21-18(4)23-20(22)7-3/h7,18-19,21H,3,5-6,8-17H2,1-2,4H3. The summed E-state index contributed by atoms with van der Waals surface area (Å²) < 4.78 is 5.25. The van der Waals surface area contributed by atoms with E-state index >= 15 is 0 Å². The van der Waals surface area contributed by atoms with Crippen LogP contribution in [0.2, 0.25) is 0 Å². The van der Waals surface area contributed by atoms with E-state index in [0.717, 1.165) is 0 Å². The highest BCUT2D eigenvalue weighted by atomic mass is 16.6. The van der Waals surface area contributed by atoms with Gasteiger partial charge in [0.2, 0.25) is 0 Å².